The summed E-state index contributed by atoms with van der Waals surface area (Å²) in [6, 6.07) is 8.95. The Morgan fingerprint density at radius 3 is 2.69 bits per heavy atom. The molecule has 166 valence electrons. The van der Waals surface area contributed by atoms with Gasteiger partial charge in [-0.2, -0.15) is 0 Å². The van der Waals surface area contributed by atoms with E-state index in [-0.39, 0.29) is 29.8 Å². The predicted octanol–water partition coefficient (Wildman–Crippen LogP) is 3.17. The Balaban J connectivity index is 1.32. The van der Waals surface area contributed by atoms with Crippen LogP contribution in [0.2, 0.25) is 0 Å². The Kier molecular flexibility index (Phi) is 5.34. The normalized spacial score (nSPS) is 26.7. The van der Waals surface area contributed by atoms with Gasteiger partial charge in [0.15, 0.2) is 6.17 Å². The number of aromatic nitrogens is 4. The molecule has 2 bridgehead atoms. The van der Waals surface area contributed by atoms with Crippen LogP contribution in [0.4, 0.5) is 4.39 Å². The number of piperidine rings is 1. The number of ether oxygens (including phenoxy) is 2. The zero-order valence-electron chi connectivity index (χ0n) is 17.8. The van der Waals surface area contributed by atoms with Crippen LogP contribution in [0.3, 0.4) is 0 Å². The lowest BCUT2D eigenvalue weighted by atomic mass is 9.97. The van der Waals surface area contributed by atoms with E-state index in [1.807, 2.05) is 12.1 Å². The van der Waals surface area contributed by atoms with Crippen molar-refractivity contribution in [3.63, 3.8) is 0 Å². The zero-order valence-corrected chi connectivity index (χ0v) is 17.8. The summed E-state index contributed by atoms with van der Waals surface area (Å²) in [4.78, 5) is 8.29. The van der Waals surface area contributed by atoms with Crippen molar-refractivity contribution in [2.24, 2.45) is 5.92 Å². The summed E-state index contributed by atoms with van der Waals surface area (Å²) in [5.41, 5.74) is 2.54. The average Bonchev–Trinajstić information content (AvgIpc) is 3.13. The van der Waals surface area contributed by atoms with E-state index in [0.717, 1.165) is 17.5 Å². The van der Waals surface area contributed by atoms with E-state index in [0.29, 0.717) is 23.6 Å². The van der Waals surface area contributed by atoms with Crippen LogP contribution < -0.4 is 14.8 Å². The molecule has 2 N–H and O–H groups in total. The number of methoxy groups -OCH3 is 1. The number of hydrogen-bond donors (Lipinski definition) is 2. The molecule has 2 aliphatic heterocycles. The molecule has 2 aromatic heterocycles. The van der Waals surface area contributed by atoms with Gasteiger partial charge < -0.3 is 19.9 Å². The fourth-order valence-electron chi connectivity index (χ4n) is 4.63. The molecule has 3 unspecified atom stereocenters. The Morgan fingerprint density at radius 2 is 1.94 bits per heavy atom. The molecule has 0 spiro atoms. The molecule has 5 atom stereocenters. The number of pyridine rings is 1. The molecule has 32 heavy (non-hydrogen) atoms. The number of phenols is 1. The lowest BCUT2D eigenvalue weighted by molar-refractivity contribution is 0.0335. The van der Waals surface area contributed by atoms with Crippen molar-refractivity contribution in [2.45, 2.75) is 44.1 Å². The first-order valence-electron chi connectivity index (χ1n) is 10.6. The zero-order chi connectivity index (χ0) is 22.2. The Labute approximate surface area is 184 Å². The number of fused-ring (bicyclic) bond motifs is 2. The number of hydrogen-bond acceptors (Lipinski definition) is 8. The molecular weight excluding hydrogens is 413 g/mol. The van der Waals surface area contributed by atoms with Crippen LogP contribution in [-0.2, 0) is 0 Å². The number of halogens is 1. The SMILES string of the molecule is COc1cc(-c2ccc(-c3cnc(O[C@@H]4CC5CC(C)C(N5)[C@@H]4F)nn3)c(O)c2)ccn1. The first-order chi connectivity index (χ1) is 15.5. The Bertz CT molecular complexity index is 1110. The average molecular weight is 437 g/mol. The fourth-order valence-corrected chi connectivity index (χ4v) is 4.63. The Hall–Kier alpha value is -3.33. The van der Waals surface area contributed by atoms with Gasteiger partial charge in [-0.15, -0.1) is 5.10 Å². The number of rotatable bonds is 5. The highest BCUT2D eigenvalue weighted by Gasteiger charge is 2.47. The van der Waals surface area contributed by atoms with Gasteiger partial charge in [0, 0.05) is 36.3 Å². The van der Waals surface area contributed by atoms with Crippen LogP contribution in [0.5, 0.6) is 17.6 Å². The summed E-state index contributed by atoms with van der Waals surface area (Å²) in [5, 5.41) is 22.0. The van der Waals surface area contributed by atoms with Crippen molar-refractivity contribution in [3.05, 3.63) is 42.7 Å². The first-order valence-corrected chi connectivity index (χ1v) is 10.6. The Morgan fingerprint density at radius 1 is 1.09 bits per heavy atom. The minimum atomic E-state index is -1.12. The van der Waals surface area contributed by atoms with E-state index in [9.17, 15) is 9.50 Å². The van der Waals surface area contributed by atoms with Gasteiger partial charge in [-0.05, 0) is 41.7 Å². The summed E-state index contributed by atoms with van der Waals surface area (Å²) in [5.74, 6) is 0.809. The maximum absolute atomic E-state index is 14.8. The summed E-state index contributed by atoms with van der Waals surface area (Å²) in [6.07, 6.45) is 2.94. The number of benzene rings is 1. The number of nitrogens with one attached hydrogen (secondary N) is 1. The predicted molar refractivity (Wildman–Crippen MR) is 115 cm³/mol. The van der Waals surface area contributed by atoms with Gasteiger partial charge in [-0.3, -0.25) is 0 Å². The highest BCUT2D eigenvalue weighted by atomic mass is 19.1. The van der Waals surface area contributed by atoms with E-state index < -0.39 is 12.3 Å². The number of aromatic hydroxyl groups is 1. The monoisotopic (exact) mass is 437 g/mol. The van der Waals surface area contributed by atoms with E-state index in [2.05, 4.69) is 32.4 Å². The molecule has 8 nitrogen and oxygen atoms in total. The van der Waals surface area contributed by atoms with Gasteiger partial charge in [-0.1, -0.05) is 18.1 Å². The third-order valence-electron chi connectivity index (χ3n) is 6.26. The molecule has 0 radical (unpaired) electrons. The smallest absolute Gasteiger partial charge is 0.336 e. The van der Waals surface area contributed by atoms with Crippen LogP contribution in [-0.4, -0.2) is 56.7 Å². The third-order valence-corrected chi connectivity index (χ3v) is 6.26. The molecule has 4 heterocycles. The van der Waals surface area contributed by atoms with E-state index in [4.69, 9.17) is 9.47 Å². The van der Waals surface area contributed by atoms with Crippen LogP contribution in [0, 0.1) is 5.92 Å². The highest BCUT2D eigenvalue weighted by Crippen LogP contribution is 2.36. The minimum Gasteiger partial charge on any atom is -0.507 e. The van der Waals surface area contributed by atoms with Crippen molar-refractivity contribution in [1.29, 1.82) is 0 Å². The summed E-state index contributed by atoms with van der Waals surface area (Å²) < 4.78 is 25.7. The van der Waals surface area contributed by atoms with Crippen molar-refractivity contribution >= 4 is 0 Å². The molecule has 0 amide bonds. The van der Waals surface area contributed by atoms with Gasteiger partial charge >= 0.3 is 6.01 Å². The van der Waals surface area contributed by atoms with Gasteiger partial charge in [0.25, 0.3) is 0 Å². The number of phenolic OH excluding ortho intramolecular Hbond substituents is 1. The lowest BCUT2D eigenvalue weighted by Gasteiger charge is -2.32. The molecule has 0 aliphatic carbocycles. The van der Waals surface area contributed by atoms with Crippen molar-refractivity contribution < 1.29 is 19.0 Å². The second-order valence-corrected chi connectivity index (χ2v) is 8.38. The topological polar surface area (TPSA) is 102 Å². The molecule has 2 saturated heterocycles. The van der Waals surface area contributed by atoms with Crippen LogP contribution in [0.1, 0.15) is 19.8 Å². The van der Waals surface area contributed by atoms with E-state index >= 15 is 0 Å². The maximum atomic E-state index is 14.8. The molecule has 3 aromatic rings. The molecule has 1 aromatic carbocycles. The van der Waals surface area contributed by atoms with Crippen molar-refractivity contribution in [2.75, 3.05) is 7.11 Å². The minimum absolute atomic E-state index is 0.0374. The lowest BCUT2D eigenvalue weighted by Crippen LogP contribution is -2.53. The molecule has 9 heteroatoms. The van der Waals surface area contributed by atoms with Crippen LogP contribution in [0.15, 0.2) is 42.7 Å². The second-order valence-electron chi connectivity index (χ2n) is 8.38. The summed E-state index contributed by atoms with van der Waals surface area (Å²) in [6.45, 7) is 2.06. The summed E-state index contributed by atoms with van der Waals surface area (Å²) in [7, 11) is 1.55. The van der Waals surface area contributed by atoms with E-state index in [1.165, 1.54) is 6.20 Å². The van der Waals surface area contributed by atoms with Gasteiger partial charge in [0.2, 0.25) is 5.88 Å². The second kappa shape index (κ2) is 8.31. The van der Waals surface area contributed by atoms with Crippen LogP contribution >= 0.6 is 0 Å². The van der Waals surface area contributed by atoms with Crippen molar-refractivity contribution in [3.8, 4) is 40.0 Å². The largest absolute Gasteiger partial charge is 0.507 e. The fraction of sp³-hybridized carbons (Fsp3) is 0.391. The van der Waals surface area contributed by atoms with Gasteiger partial charge in [0.1, 0.15) is 17.5 Å². The molecule has 2 fully saturated rings. The molecule has 0 saturated carbocycles. The third kappa shape index (κ3) is 3.84. The van der Waals surface area contributed by atoms with Crippen molar-refractivity contribution in [1.82, 2.24) is 25.5 Å². The highest BCUT2D eigenvalue weighted by molar-refractivity contribution is 5.74. The summed E-state index contributed by atoms with van der Waals surface area (Å²) >= 11 is 0. The van der Waals surface area contributed by atoms with Gasteiger partial charge in [0.05, 0.1) is 13.3 Å². The van der Waals surface area contributed by atoms with Gasteiger partial charge in [-0.25, -0.2) is 14.4 Å². The molecular formula is C23H24FN5O3. The quantitative estimate of drug-likeness (QED) is 0.628. The maximum Gasteiger partial charge on any atom is 0.336 e. The number of nitrogens with zero attached hydrogens (tertiary/aromatic N) is 4. The van der Waals surface area contributed by atoms with E-state index in [1.54, 1.807) is 31.5 Å². The van der Waals surface area contributed by atoms with Crippen LogP contribution in [0.25, 0.3) is 22.4 Å². The first kappa shape index (κ1) is 20.6. The molecule has 2 aliphatic rings. The standard InChI is InChI=1S/C23H24FN5O3/c1-12-7-15-10-19(21(24)22(12)27-15)32-23-26-11-17(28-29-23)16-4-3-13(8-18(16)30)14-5-6-25-20(9-14)31-2/h3-6,8-9,11-12,15,19,21-22,27,30H,7,10H2,1-2H3/t12?,15?,19-,21-,22?/m1/s1. The number of alkyl halides is 1. The molecule has 5 rings (SSSR count).